The molecule has 0 aliphatic carbocycles. The normalized spacial score (nSPS) is 10.3. The van der Waals surface area contributed by atoms with Gasteiger partial charge >= 0.3 is 0 Å². The van der Waals surface area contributed by atoms with Crippen LogP contribution >= 0.6 is 23.1 Å². The minimum atomic E-state index is 0.732. The summed E-state index contributed by atoms with van der Waals surface area (Å²) in [7, 11) is 0. The lowest BCUT2D eigenvalue weighted by molar-refractivity contribution is 1.45. The maximum atomic E-state index is 5.80. The summed E-state index contributed by atoms with van der Waals surface area (Å²) in [6, 6.07) is 10.1. The van der Waals surface area contributed by atoms with E-state index in [0.717, 1.165) is 15.6 Å². The van der Waals surface area contributed by atoms with E-state index in [4.69, 9.17) is 11.6 Å². The molecule has 0 saturated carbocycles. The third kappa shape index (κ3) is 1.90. The molecule has 1 nitrogen and oxygen atoms in total. The van der Waals surface area contributed by atoms with Gasteiger partial charge < -0.3 is 0 Å². The predicted octanol–water partition coefficient (Wildman–Crippen LogP) is 3.77. The summed E-state index contributed by atoms with van der Waals surface area (Å²) < 4.78 is 4.96. The lowest BCUT2D eigenvalue weighted by atomic mass is 10.1. The fraction of sp³-hybridized carbons (Fsp3) is 0.100. The maximum Gasteiger partial charge on any atom is 0.114 e. The zero-order chi connectivity index (χ0) is 9.26. The van der Waals surface area contributed by atoms with Crippen molar-refractivity contribution < 1.29 is 0 Å². The Balaban J connectivity index is 2.41. The van der Waals surface area contributed by atoms with Crippen LogP contribution in [0, 0.1) is 6.92 Å². The number of aromatic nitrogens is 1. The van der Waals surface area contributed by atoms with E-state index in [9.17, 15) is 0 Å². The Morgan fingerprint density at radius 3 is 2.46 bits per heavy atom. The minimum absolute atomic E-state index is 0.732. The fourth-order valence-corrected chi connectivity index (χ4v) is 1.83. The molecule has 0 N–H and O–H groups in total. The second kappa shape index (κ2) is 3.48. The van der Waals surface area contributed by atoms with Gasteiger partial charge in [-0.1, -0.05) is 41.4 Å². The quantitative estimate of drug-likeness (QED) is 0.697. The van der Waals surface area contributed by atoms with Crippen LogP contribution in [0.25, 0.3) is 11.3 Å². The van der Waals surface area contributed by atoms with Gasteiger partial charge in [-0.15, -0.1) is 0 Å². The van der Waals surface area contributed by atoms with Gasteiger partial charge in [0.05, 0.1) is 5.69 Å². The SMILES string of the molecule is Cc1ccc(-c2cc(Cl)sn2)cc1. The second-order valence-electron chi connectivity index (χ2n) is 2.88. The number of hydrogen-bond acceptors (Lipinski definition) is 2. The van der Waals surface area contributed by atoms with Gasteiger partial charge in [-0.25, -0.2) is 0 Å². The standard InChI is InChI=1S/C10H8ClNS/c1-7-2-4-8(5-3-7)9-6-10(11)13-12-9/h2-6H,1H3. The van der Waals surface area contributed by atoms with Crippen molar-refractivity contribution in [1.82, 2.24) is 4.37 Å². The molecule has 3 heteroatoms. The van der Waals surface area contributed by atoms with Crippen molar-refractivity contribution in [3.8, 4) is 11.3 Å². The molecule has 0 saturated heterocycles. The molecule has 0 unspecified atom stereocenters. The molecule has 66 valence electrons. The third-order valence-electron chi connectivity index (χ3n) is 1.83. The molecule has 0 amide bonds. The van der Waals surface area contributed by atoms with Crippen molar-refractivity contribution in [2.24, 2.45) is 0 Å². The Morgan fingerprint density at radius 1 is 1.23 bits per heavy atom. The van der Waals surface area contributed by atoms with Gasteiger partial charge in [0, 0.05) is 5.56 Å². The highest BCUT2D eigenvalue weighted by molar-refractivity contribution is 7.10. The highest BCUT2D eigenvalue weighted by Crippen LogP contribution is 2.24. The molecule has 2 aromatic rings. The summed E-state index contributed by atoms with van der Waals surface area (Å²) in [6.07, 6.45) is 0. The Kier molecular flexibility index (Phi) is 2.34. The first kappa shape index (κ1) is 8.73. The van der Waals surface area contributed by atoms with Crippen LogP contribution in [0.5, 0.6) is 0 Å². The average molecular weight is 210 g/mol. The molecule has 0 radical (unpaired) electrons. The van der Waals surface area contributed by atoms with Crippen molar-refractivity contribution in [2.45, 2.75) is 6.92 Å². The molecule has 1 aromatic carbocycles. The molecule has 0 aliphatic rings. The fourth-order valence-electron chi connectivity index (χ4n) is 1.11. The molecular formula is C10H8ClNS. The lowest BCUT2D eigenvalue weighted by Gasteiger charge is -1.95. The first-order chi connectivity index (χ1) is 6.25. The first-order valence-corrected chi connectivity index (χ1v) is 5.10. The largest absolute Gasteiger partial charge is 0.191 e. The maximum absolute atomic E-state index is 5.80. The summed E-state index contributed by atoms with van der Waals surface area (Å²) in [5.41, 5.74) is 3.33. The second-order valence-corrected chi connectivity index (χ2v) is 4.32. The van der Waals surface area contributed by atoms with Gasteiger partial charge in [0.2, 0.25) is 0 Å². The molecule has 0 aliphatic heterocycles. The number of halogens is 1. The monoisotopic (exact) mass is 209 g/mol. The first-order valence-electron chi connectivity index (χ1n) is 3.95. The van der Waals surface area contributed by atoms with Crippen LogP contribution < -0.4 is 0 Å². The highest BCUT2D eigenvalue weighted by Gasteiger charge is 2.01. The van der Waals surface area contributed by atoms with E-state index in [-0.39, 0.29) is 0 Å². The molecule has 1 heterocycles. The molecule has 0 spiro atoms. The zero-order valence-corrected chi connectivity index (χ0v) is 8.69. The molecular weight excluding hydrogens is 202 g/mol. The zero-order valence-electron chi connectivity index (χ0n) is 7.12. The number of nitrogens with zero attached hydrogens (tertiary/aromatic N) is 1. The van der Waals surface area contributed by atoms with Crippen LogP contribution in [-0.4, -0.2) is 4.37 Å². The topological polar surface area (TPSA) is 12.9 Å². The number of hydrogen-bond donors (Lipinski definition) is 0. The van der Waals surface area contributed by atoms with Crippen LogP contribution in [0.15, 0.2) is 30.3 Å². The number of aryl methyl sites for hydroxylation is 1. The summed E-state index contributed by atoms with van der Waals surface area (Å²) >= 11 is 7.12. The van der Waals surface area contributed by atoms with Gasteiger partial charge in [0.15, 0.2) is 0 Å². The molecule has 0 bridgehead atoms. The number of benzene rings is 1. The third-order valence-corrected chi connectivity index (χ3v) is 2.73. The van der Waals surface area contributed by atoms with Gasteiger partial charge in [0.1, 0.15) is 4.34 Å². The van der Waals surface area contributed by atoms with Gasteiger partial charge in [-0.2, -0.15) is 4.37 Å². The summed E-state index contributed by atoms with van der Waals surface area (Å²) in [5, 5.41) is 0. The van der Waals surface area contributed by atoms with Gasteiger partial charge in [-0.05, 0) is 24.5 Å². The summed E-state index contributed by atoms with van der Waals surface area (Å²) in [5.74, 6) is 0. The van der Waals surface area contributed by atoms with Gasteiger partial charge in [-0.3, -0.25) is 0 Å². The molecule has 2 rings (SSSR count). The van der Waals surface area contributed by atoms with Crippen molar-refractivity contribution in [3.05, 3.63) is 40.2 Å². The average Bonchev–Trinajstić information content (AvgIpc) is 2.53. The minimum Gasteiger partial charge on any atom is -0.191 e. The van der Waals surface area contributed by atoms with Crippen molar-refractivity contribution in [3.63, 3.8) is 0 Å². The highest BCUT2D eigenvalue weighted by atomic mass is 35.5. The van der Waals surface area contributed by atoms with Crippen molar-refractivity contribution in [1.29, 1.82) is 0 Å². The molecule has 1 aromatic heterocycles. The van der Waals surface area contributed by atoms with E-state index in [1.165, 1.54) is 17.1 Å². The smallest absolute Gasteiger partial charge is 0.114 e. The molecule has 0 fully saturated rings. The van der Waals surface area contributed by atoms with Crippen LogP contribution in [0.4, 0.5) is 0 Å². The summed E-state index contributed by atoms with van der Waals surface area (Å²) in [6.45, 7) is 2.07. The number of rotatable bonds is 1. The Hall–Kier alpha value is -0.860. The van der Waals surface area contributed by atoms with E-state index in [1.54, 1.807) is 0 Å². The van der Waals surface area contributed by atoms with Crippen LogP contribution in [0.3, 0.4) is 0 Å². The van der Waals surface area contributed by atoms with Crippen molar-refractivity contribution in [2.75, 3.05) is 0 Å². The lowest BCUT2D eigenvalue weighted by Crippen LogP contribution is -1.76. The van der Waals surface area contributed by atoms with Crippen LogP contribution in [-0.2, 0) is 0 Å². The summed E-state index contributed by atoms with van der Waals surface area (Å²) in [4.78, 5) is 0. The Bertz CT molecular complexity index is 405. The van der Waals surface area contributed by atoms with E-state index in [1.807, 2.05) is 6.07 Å². The molecule has 0 atom stereocenters. The van der Waals surface area contributed by atoms with E-state index in [0.29, 0.717) is 0 Å². The predicted molar refractivity (Wildman–Crippen MR) is 57.3 cm³/mol. The van der Waals surface area contributed by atoms with Crippen molar-refractivity contribution >= 4 is 23.1 Å². The van der Waals surface area contributed by atoms with E-state index in [2.05, 4.69) is 35.6 Å². The molecule has 13 heavy (non-hydrogen) atoms. The van der Waals surface area contributed by atoms with E-state index < -0.39 is 0 Å². The van der Waals surface area contributed by atoms with Gasteiger partial charge in [0.25, 0.3) is 0 Å². The van der Waals surface area contributed by atoms with E-state index >= 15 is 0 Å². The van der Waals surface area contributed by atoms with Crippen LogP contribution in [0.1, 0.15) is 5.56 Å². The Labute approximate surface area is 86.2 Å². The Morgan fingerprint density at radius 2 is 1.92 bits per heavy atom. The van der Waals surface area contributed by atoms with Crippen LogP contribution in [0.2, 0.25) is 4.34 Å².